The van der Waals surface area contributed by atoms with Gasteiger partial charge in [-0.15, -0.1) is 0 Å². The fourth-order valence-electron chi connectivity index (χ4n) is 1.85. The molecule has 4 nitrogen and oxygen atoms in total. The zero-order chi connectivity index (χ0) is 15.1. The van der Waals surface area contributed by atoms with Gasteiger partial charge in [-0.05, 0) is 25.3 Å². The van der Waals surface area contributed by atoms with Crippen LogP contribution in [0.3, 0.4) is 0 Å². The van der Waals surface area contributed by atoms with Gasteiger partial charge in [0.05, 0.1) is 12.7 Å². The van der Waals surface area contributed by atoms with Crippen molar-refractivity contribution in [3.63, 3.8) is 0 Å². The Morgan fingerprint density at radius 2 is 1.52 bits per heavy atom. The Hall–Kier alpha value is -0.0603. The smallest absolute Gasteiger partial charge is 0.550 e. The van der Waals surface area contributed by atoms with Crippen LogP contribution in [0.2, 0.25) is 0 Å². The second-order valence-corrected chi connectivity index (χ2v) is 5.00. The molecule has 0 aromatic rings. The molecular formula is C16H27CaO4+. The number of ether oxygens (including phenoxy) is 1. The Labute approximate surface area is 158 Å². The van der Waals surface area contributed by atoms with Crippen LogP contribution >= 0.6 is 0 Å². The predicted molar refractivity (Wildman–Crippen MR) is 82.5 cm³/mol. The molecular weight excluding hydrogens is 296 g/mol. The summed E-state index contributed by atoms with van der Waals surface area (Å²) in [6, 6.07) is 0. The van der Waals surface area contributed by atoms with Crippen molar-refractivity contribution in [1.82, 2.24) is 0 Å². The molecule has 0 aromatic carbocycles. The quantitative estimate of drug-likeness (QED) is 0.226. The fraction of sp³-hybridized carbons (Fsp3) is 0.750. The van der Waals surface area contributed by atoms with Gasteiger partial charge in [0.2, 0.25) is 0 Å². The number of hydrogen-bond acceptors (Lipinski definition) is 4. The van der Waals surface area contributed by atoms with Crippen molar-refractivity contribution in [3.05, 3.63) is 12.3 Å². The summed E-state index contributed by atoms with van der Waals surface area (Å²) >= 11 is 0. The Morgan fingerprint density at radius 3 is 2.10 bits per heavy atom. The fourth-order valence-corrected chi connectivity index (χ4v) is 1.85. The molecule has 0 amide bonds. The van der Waals surface area contributed by atoms with E-state index in [1.807, 2.05) is 6.08 Å². The first kappa shape index (κ1) is 23.2. The number of carbonyl (C=O) groups excluding carboxylic acids is 2. The molecule has 0 radical (unpaired) electrons. The third kappa shape index (κ3) is 19.9. The second-order valence-electron chi connectivity index (χ2n) is 5.00. The van der Waals surface area contributed by atoms with Crippen LogP contribution in [0.1, 0.15) is 77.6 Å². The SMILES string of the molecule is CCCCCCCCCC/C=C/OC(=O)CCC(=O)[O-].[Ca+2]. The number of esters is 1. The van der Waals surface area contributed by atoms with Gasteiger partial charge in [0.15, 0.2) is 0 Å². The topological polar surface area (TPSA) is 66.4 Å². The summed E-state index contributed by atoms with van der Waals surface area (Å²) in [6.07, 6.45) is 13.8. The van der Waals surface area contributed by atoms with Crippen molar-refractivity contribution in [3.8, 4) is 0 Å². The van der Waals surface area contributed by atoms with Crippen molar-refractivity contribution in [1.29, 1.82) is 0 Å². The van der Waals surface area contributed by atoms with Crippen LogP contribution < -0.4 is 5.11 Å². The van der Waals surface area contributed by atoms with E-state index in [0.29, 0.717) is 0 Å². The minimum Gasteiger partial charge on any atom is -0.550 e. The molecule has 21 heavy (non-hydrogen) atoms. The maximum Gasteiger partial charge on any atom is 2.00 e. The van der Waals surface area contributed by atoms with Gasteiger partial charge >= 0.3 is 43.7 Å². The van der Waals surface area contributed by atoms with Crippen LogP contribution in [0.15, 0.2) is 12.3 Å². The maximum atomic E-state index is 11.0. The zero-order valence-electron chi connectivity index (χ0n) is 13.3. The molecule has 0 atom stereocenters. The maximum absolute atomic E-state index is 11.0. The summed E-state index contributed by atoms with van der Waals surface area (Å²) in [5, 5.41) is 10.1. The van der Waals surface area contributed by atoms with E-state index in [0.717, 1.165) is 12.8 Å². The molecule has 0 saturated carbocycles. The van der Waals surface area contributed by atoms with Crippen molar-refractivity contribution in [2.75, 3.05) is 0 Å². The summed E-state index contributed by atoms with van der Waals surface area (Å²) in [5.41, 5.74) is 0. The van der Waals surface area contributed by atoms with Gasteiger partial charge in [0, 0.05) is 5.97 Å². The van der Waals surface area contributed by atoms with E-state index >= 15 is 0 Å². The molecule has 116 valence electrons. The molecule has 0 spiro atoms. The summed E-state index contributed by atoms with van der Waals surface area (Å²) in [6.45, 7) is 2.22. The Kier molecular flexibility index (Phi) is 19.9. The van der Waals surface area contributed by atoms with Crippen LogP contribution in [-0.4, -0.2) is 49.7 Å². The van der Waals surface area contributed by atoms with Crippen molar-refractivity contribution in [2.45, 2.75) is 77.6 Å². The monoisotopic (exact) mass is 323 g/mol. The van der Waals surface area contributed by atoms with Crippen LogP contribution in [0, 0.1) is 0 Å². The molecule has 0 fully saturated rings. The van der Waals surface area contributed by atoms with Gasteiger partial charge in [-0.3, -0.25) is 4.79 Å². The van der Waals surface area contributed by atoms with Gasteiger partial charge < -0.3 is 14.6 Å². The number of unbranched alkanes of at least 4 members (excludes halogenated alkanes) is 8. The first-order valence-electron chi connectivity index (χ1n) is 7.71. The number of rotatable bonds is 13. The molecule has 0 saturated heterocycles. The van der Waals surface area contributed by atoms with Gasteiger partial charge in [0.25, 0.3) is 0 Å². The zero-order valence-corrected chi connectivity index (χ0v) is 15.5. The van der Waals surface area contributed by atoms with E-state index in [9.17, 15) is 14.7 Å². The standard InChI is InChI=1S/C16H28O4.Ca/c1-2-3-4-5-6-7-8-9-10-11-14-20-16(19)13-12-15(17)18;/h11,14H,2-10,12-13H2,1H3,(H,17,18);/q;+2/p-1/b14-11+;. The van der Waals surface area contributed by atoms with Gasteiger partial charge in [-0.2, -0.15) is 0 Å². The van der Waals surface area contributed by atoms with Crippen molar-refractivity contribution in [2.24, 2.45) is 0 Å². The molecule has 0 bridgehead atoms. The van der Waals surface area contributed by atoms with Gasteiger partial charge in [-0.1, -0.05) is 51.9 Å². The largest absolute Gasteiger partial charge is 2.00 e. The van der Waals surface area contributed by atoms with Crippen LogP contribution in [0.5, 0.6) is 0 Å². The van der Waals surface area contributed by atoms with Gasteiger partial charge in [-0.25, -0.2) is 0 Å². The average Bonchev–Trinajstić information content (AvgIpc) is 2.42. The molecule has 0 unspecified atom stereocenters. The van der Waals surface area contributed by atoms with Crippen LogP contribution in [0.4, 0.5) is 0 Å². The molecule has 5 heteroatoms. The molecule has 0 N–H and O–H groups in total. The van der Waals surface area contributed by atoms with Crippen molar-refractivity contribution >= 4 is 49.7 Å². The van der Waals surface area contributed by atoms with E-state index < -0.39 is 11.9 Å². The molecule has 0 aromatic heterocycles. The number of carboxylic acid groups (broad SMARTS) is 1. The van der Waals surface area contributed by atoms with Gasteiger partial charge in [0.1, 0.15) is 0 Å². The second kappa shape index (κ2) is 18.0. The number of allylic oxidation sites excluding steroid dienone is 1. The van der Waals surface area contributed by atoms with Crippen LogP contribution in [-0.2, 0) is 14.3 Å². The first-order chi connectivity index (χ1) is 9.66. The van der Waals surface area contributed by atoms with E-state index in [1.54, 1.807) is 0 Å². The van der Waals surface area contributed by atoms with E-state index in [4.69, 9.17) is 4.74 Å². The van der Waals surface area contributed by atoms with E-state index in [1.165, 1.54) is 51.2 Å². The molecule has 0 rings (SSSR count). The van der Waals surface area contributed by atoms with Crippen LogP contribution in [0.25, 0.3) is 0 Å². The Morgan fingerprint density at radius 1 is 0.952 bits per heavy atom. The average molecular weight is 323 g/mol. The summed E-state index contributed by atoms with van der Waals surface area (Å²) in [7, 11) is 0. The third-order valence-corrected chi connectivity index (χ3v) is 3.05. The number of hydrogen-bond donors (Lipinski definition) is 0. The minimum atomic E-state index is -1.23. The molecule has 0 aliphatic rings. The van der Waals surface area contributed by atoms with Crippen molar-refractivity contribution < 1.29 is 19.4 Å². The number of aliphatic carboxylic acids is 1. The molecule has 0 heterocycles. The number of carboxylic acids is 1. The minimum absolute atomic E-state index is 0. The summed E-state index contributed by atoms with van der Waals surface area (Å²) in [5.74, 6) is -1.76. The molecule has 0 aliphatic heterocycles. The predicted octanol–water partition coefficient (Wildman–Crippen LogP) is 2.72. The first-order valence-corrected chi connectivity index (χ1v) is 7.71. The summed E-state index contributed by atoms with van der Waals surface area (Å²) in [4.78, 5) is 21.2. The molecule has 0 aliphatic carbocycles. The summed E-state index contributed by atoms with van der Waals surface area (Å²) < 4.78 is 4.75. The Bertz CT molecular complexity index is 290. The number of carbonyl (C=O) groups is 2. The normalized spacial score (nSPS) is 10.3. The Balaban J connectivity index is 0. The van der Waals surface area contributed by atoms with E-state index in [-0.39, 0.29) is 50.6 Å². The third-order valence-electron chi connectivity index (χ3n) is 3.05. The van der Waals surface area contributed by atoms with E-state index in [2.05, 4.69) is 6.92 Å².